The molecule has 0 unspecified atom stereocenters. The molecule has 0 saturated heterocycles. The summed E-state index contributed by atoms with van der Waals surface area (Å²) in [6.45, 7) is 2.32. The number of benzene rings is 1. The maximum atomic E-state index is 10.8. The number of ether oxygens (including phenoxy) is 1. The Hall–Kier alpha value is -1.69. The minimum Gasteiger partial charge on any atom is -0.492 e. The van der Waals surface area contributed by atoms with E-state index in [1.54, 1.807) is 0 Å². The van der Waals surface area contributed by atoms with Gasteiger partial charge in [-0.25, -0.2) is 0 Å². The molecule has 0 aliphatic heterocycles. The minimum absolute atomic E-state index is 0.171. The van der Waals surface area contributed by atoms with Gasteiger partial charge in [0, 0.05) is 6.07 Å². The van der Waals surface area contributed by atoms with Crippen LogP contribution in [0.3, 0.4) is 0 Å². The van der Waals surface area contributed by atoms with Crippen molar-refractivity contribution in [1.82, 2.24) is 0 Å². The van der Waals surface area contributed by atoms with Gasteiger partial charge in [-0.3, -0.25) is 5.11 Å². The van der Waals surface area contributed by atoms with Gasteiger partial charge in [-0.05, 0) is 19.1 Å². The van der Waals surface area contributed by atoms with Crippen LogP contribution in [0.5, 0.6) is 11.5 Å². The highest BCUT2D eigenvalue weighted by molar-refractivity contribution is 5.46. The molecule has 0 bridgehead atoms. The van der Waals surface area contributed by atoms with E-state index in [2.05, 4.69) is 0 Å². The molecule has 1 aromatic rings. The summed E-state index contributed by atoms with van der Waals surface area (Å²) in [5, 5.41) is 19.4. The summed E-state index contributed by atoms with van der Waals surface area (Å²) in [5.41, 5.74) is 0.296. The number of nitrogens with zero attached hydrogens (tertiary/aromatic N) is 1. The third kappa shape index (κ3) is 1.67. The summed E-state index contributed by atoms with van der Waals surface area (Å²) in [4.78, 5) is 0. The third-order valence-electron chi connectivity index (χ3n) is 1.37. The van der Waals surface area contributed by atoms with Crippen LogP contribution in [0.1, 0.15) is 12.5 Å². The van der Waals surface area contributed by atoms with E-state index in [0.29, 0.717) is 17.9 Å². The Labute approximate surface area is 70.8 Å². The first-order valence-corrected chi connectivity index (χ1v) is 3.62. The van der Waals surface area contributed by atoms with E-state index in [4.69, 9.17) is 10.00 Å². The summed E-state index contributed by atoms with van der Waals surface area (Å²) >= 11 is 0. The quantitative estimate of drug-likeness (QED) is 0.668. The Kier molecular flexibility index (Phi) is 2.54. The van der Waals surface area contributed by atoms with Crippen LogP contribution in [0, 0.1) is 11.3 Å². The lowest BCUT2D eigenvalue weighted by Gasteiger charge is -2.03. The minimum atomic E-state index is -0.171. The fourth-order valence-corrected chi connectivity index (χ4v) is 0.878. The van der Waals surface area contributed by atoms with Crippen LogP contribution >= 0.6 is 0 Å². The average molecular weight is 162 g/mol. The van der Waals surface area contributed by atoms with Crippen LogP contribution in [0.25, 0.3) is 0 Å². The molecule has 3 nitrogen and oxygen atoms in total. The van der Waals surface area contributed by atoms with Gasteiger partial charge in [0.2, 0.25) is 0 Å². The molecule has 0 aliphatic carbocycles. The predicted molar refractivity (Wildman–Crippen MR) is 42.5 cm³/mol. The Morgan fingerprint density at radius 2 is 2.33 bits per heavy atom. The SMILES string of the molecule is CCOc1ccc([O])cc1C#N. The Bertz CT molecular complexity index is 315. The molecular weight excluding hydrogens is 154 g/mol. The topological polar surface area (TPSA) is 52.9 Å². The lowest BCUT2D eigenvalue weighted by Crippen LogP contribution is -1.93. The molecule has 12 heavy (non-hydrogen) atoms. The first-order chi connectivity index (χ1) is 5.77. The van der Waals surface area contributed by atoms with Gasteiger partial charge in [0.1, 0.15) is 11.8 Å². The van der Waals surface area contributed by atoms with Crippen LogP contribution in [-0.4, -0.2) is 6.61 Å². The van der Waals surface area contributed by atoms with Gasteiger partial charge in [0.15, 0.2) is 5.75 Å². The van der Waals surface area contributed by atoms with Crippen molar-refractivity contribution < 1.29 is 9.84 Å². The molecule has 1 aromatic carbocycles. The molecule has 0 N–H and O–H groups in total. The highest BCUT2D eigenvalue weighted by Crippen LogP contribution is 2.22. The van der Waals surface area contributed by atoms with Crippen molar-refractivity contribution in [3.8, 4) is 17.6 Å². The van der Waals surface area contributed by atoms with Crippen molar-refractivity contribution in [2.24, 2.45) is 0 Å². The number of hydrogen-bond donors (Lipinski definition) is 0. The molecule has 0 amide bonds. The molecule has 0 aromatic heterocycles. The van der Waals surface area contributed by atoms with E-state index in [-0.39, 0.29) is 5.75 Å². The number of hydrogen-bond acceptors (Lipinski definition) is 2. The van der Waals surface area contributed by atoms with Crippen molar-refractivity contribution in [2.45, 2.75) is 6.92 Å². The zero-order chi connectivity index (χ0) is 8.97. The first kappa shape index (κ1) is 8.41. The van der Waals surface area contributed by atoms with Crippen molar-refractivity contribution >= 4 is 0 Å². The lowest BCUT2D eigenvalue weighted by molar-refractivity contribution is 0.333. The lowest BCUT2D eigenvalue weighted by atomic mass is 10.2. The van der Waals surface area contributed by atoms with E-state index in [1.165, 1.54) is 18.2 Å². The maximum absolute atomic E-state index is 10.8. The second-order valence-electron chi connectivity index (χ2n) is 2.20. The highest BCUT2D eigenvalue weighted by Gasteiger charge is 2.03. The molecule has 0 atom stereocenters. The van der Waals surface area contributed by atoms with E-state index in [0.717, 1.165) is 0 Å². The van der Waals surface area contributed by atoms with E-state index >= 15 is 0 Å². The number of nitriles is 1. The number of rotatable bonds is 2. The second-order valence-corrected chi connectivity index (χ2v) is 2.20. The molecule has 0 heterocycles. The van der Waals surface area contributed by atoms with E-state index < -0.39 is 0 Å². The van der Waals surface area contributed by atoms with Gasteiger partial charge in [-0.15, -0.1) is 0 Å². The molecule has 1 rings (SSSR count). The van der Waals surface area contributed by atoms with Crippen LogP contribution in [0.2, 0.25) is 0 Å². The summed E-state index contributed by atoms with van der Waals surface area (Å²) in [6, 6.07) is 6.06. The monoisotopic (exact) mass is 162 g/mol. The summed E-state index contributed by atoms with van der Waals surface area (Å²) in [5.74, 6) is 0.301. The largest absolute Gasteiger partial charge is 0.492 e. The molecule has 3 heteroatoms. The van der Waals surface area contributed by atoms with Crippen molar-refractivity contribution in [3.63, 3.8) is 0 Å². The van der Waals surface area contributed by atoms with E-state index in [1.807, 2.05) is 13.0 Å². The van der Waals surface area contributed by atoms with Crippen molar-refractivity contribution in [3.05, 3.63) is 23.8 Å². The van der Waals surface area contributed by atoms with Gasteiger partial charge in [-0.1, -0.05) is 0 Å². The van der Waals surface area contributed by atoms with Gasteiger partial charge in [0.25, 0.3) is 0 Å². The molecule has 0 saturated carbocycles. The van der Waals surface area contributed by atoms with Crippen LogP contribution in [-0.2, 0) is 5.11 Å². The molecule has 0 fully saturated rings. The Balaban J connectivity index is 3.05. The van der Waals surface area contributed by atoms with Crippen molar-refractivity contribution in [2.75, 3.05) is 6.61 Å². The van der Waals surface area contributed by atoms with Crippen LogP contribution < -0.4 is 4.74 Å². The maximum Gasteiger partial charge on any atom is 0.180 e. The second kappa shape index (κ2) is 3.63. The zero-order valence-electron chi connectivity index (χ0n) is 6.70. The first-order valence-electron chi connectivity index (χ1n) is 3.62. The van der Waals surface area contributed by atoms with Gasteiger partial charge in [-0.2, -0.15) is 5.26 Å². The van der Waals surface area contributed by atoms with Gasteiger partial charge >= 0.3 is 0 Å². The molecule has 1 radical (unpaired) electrons. The fraction of sp³-hybridized carbons (Fsp3) is 0.222. The Morgan fingerprint density at radius 3 is 2.92 bits per heavy atom. The average Bonchev–Trinajstić information content (AvgIpc) is 2.08. The van der Waals surface area contributed by atoms with Gasteiger partial charge < -0.3 is 4.74 Å². The van der Waals surface area contributed by atoms with Gasteiger partial charge in [0.05, 0.1) is 12.2 Å². The summed E-state index contributed by atoms with van der Waals surface area (Å²) in [6.07, 6.45) is 0. The van der Waals surface area contributed by atoms with Crippen molar-refractivity contribution in [1.29, 1.82) is 5.26 Å². The molecule has 0 aliphatic rings. The van der Waals surface area contributed by atoms with E-state index in [9.17, 15) is 5.11 Å². The van der Waals surface area contributed by atoms with Crippen LogP contribution in [0.4, 0.5) is 0 Å². The Morgan fingerprint density at radius 1 is 1.58 bits per heavy atom. The molecule has 0 spiro atoms. The molecular formula is C9H8NO2. The summed E-state index contributed by atoms with van der Waals surface area (Å²) < 4.78 is 5.12. The highest BCUT2D eigenvalue weighted by atomic mass is 16.5. The smallest absolute Gasteiger partial charge is 0.180 e. The summed E-state index contributed by atoms with van der Waals surface area (Å²) in [7, 11) is 0. The normalized spacial score (nSPS) is 9.00. The predicted octanol–water partition coefficient (Wildman–Crippen LogP) is 2.10. The fourth-order valence-electron chi connectivity index (χ4n) is 0.878. The zero-order valence-corrected chi connectivity index (χ0v) is 6.70. The standard InChI is InChI=1S/C9H8NO2/c1-2-12-9-4-3-8(11)5-7(9)6-10/h3-5H,2H2,1H3. The molecule has 61 valence electrons. The third-order valence-corrected chi connectivity index (χ3v) is 1.37. The van der Waals surface area contributed by atoms with Crippen LogP contribution in [0.15, 0.2) is 18.2 Å².